The third-order valence-electron chi connectivity index (χ3n) is 5.03. The molecule has 2 aliphatic heterocycles. The Hall–Kier alpha value is -2.26. The van der Waals surface area contributed by atoms with Crippen LogP contribution in [0.2, 0.25) is 5.02 Å². The molecular formula is C21H20ClNO2. The normalized spacial score (nSPS) is 22.6. The molecule has 2 aromatic carbocycles. The van der Waals surface area contributed by atoms with Gasteiger partial charge in [-0.3, -0.25) is 4.79 Å². The van der Waals surface area contributed by atoms with Crippen LogP contribution in [0, 0.1) is 0 Å². The summed E-state index contributed by atoms with van der Waals surface area (Å²) in [6.45, 7) is 1.40. The van der Waals surface area contributed by atoms with Crippen LogP contribution in [-0.4, -0.2) is 29.5 Å². The van der Waals surface area contributed by atoms with Crippen molar-refractivity contribution in [2.45, 2.75) is 24.9 Å². The molecule has 4 rings (SSSR count). The summed E-state index contributed by atoms with van der Waals surface area (Å²) in [5.41, 5.74) is 2.79. The average molecular weight is 354 g/mol. The van der Waals surface area contributed by atoms with E-state index in [-0.39, 0.29) is 11.5 Å². The van der Waals surface area contributed by atoms with E-state index in [4.69, 9.17) is 16.3 Å². The van der Waals surface area contributed by atoms with Gasteiger partial charge in [0, 0.05) is 23.6 Å². The first-order chi connectivity index (χ1) is 12.2. The summed E-state index contributed by atoms with van der Waals surface area (Å²) in [7, 11) is 0. The molecule has 4 heteroatoms. The Labute approximate surface area is 152 Å². The number of halogens is 1. The first kappa shape index (κ1) is 16.2. The van der Waals surface area contributed by atoms with Crippen molar-refractivity contribution in [2.75, 3.05) is 13.1 Å². The minimum absolute atomic E-state index is 0.0486. The molecule has 1 spiro atoms. The number of hydrogen-bond donors (Lipinski definition) is 0. The quantitative estimate of drug-likeness (QED) is 0.777. The fourth-order valence-corrected chi connectivity index (χ4v) is 3.86. The van der Waals surface area contributed by atoms with Crippen LogP contribution in [0.4, 0.5) is 0 Å². The van der Waals surface area contributed by atoms with Crippen molar-refractivity contribution in [1.29, 1.82) is 0 Å². The van der Waals surface area contributed by atoms with Crippen molar-refractivity contribution in [2.24, 2.45) is 0 Å². The molecule has 2 aliphatic rings. The Morgan fingerprint density at radius 3 is 2.60 bits per heavy atom. The van der Waals surface area contributed by atoms with Gasteiger partial charge in [-0.05, 0) is 48.2 Å². The average Bonchev–Trinajstić information content (AvgIpc) is 3.06. The van der Waals surface area contributed by atoms with Gasteiger partial charge in [0.25, 0.3) is 5.91 Å². The zero-order valence-electron chi connectivity index (χ0n) is 14.0. The van der Waals surface area contributed by atoms with Crippen LogP contribution in [0.5, 0.6) is 0 Å². The molecule has 1 atom stereocenters. The van der Waals surface area contributed by atoms with Crippen LogP contribution in [0.15, 0.2) is 60.9 Å². The zero-order valence-corrected chi connectivity index (χ0v) is 14.7. The van der Waals surface area contributed by atoms with E-state index in [2.05, 4.69) is 12.1 Å². The summed E-state index contributed by atoms with van der Waals surface area (Å²) >= 11 is 5.92. The molecular weight excluding hydrogens is 334 g/mol. The number of likely N-dealkylation sites (tertiary alicyclic amines) is 1. The van der Waals surface area contributed by atoms with Crippen molar-refractivity contribution in [1.82, 2.24) is 4.90 Å². The largest absolute Gasteiger partial charge is 0.492 e. The molecule has 1 saturated heterocycles. The maximum atomic E-state index is 12.8. The van der Waals surface area contributed by atoms with Crippen LogP contribution in [0.3, 0.4) is 0 Å². The lowest BCUT2D eigenvalue weighted by Gasteiger charge is -2.39. The maximum absolute atomic E-state index is 12.8. The molecule has 1 fully saturated rings. The van der Waals surface area contributed by atoms with E-state index in [1.807, 2.05) is 29.4 Å². The highest BCUT2D eigenvalue weighted by Crippen LogP contribution is 2.40. The van der Waals surface area contributed by atoms with Gasteiger partial charge >= 0.3 is 0 Å². The Bertz CT molecular complexity index is 800. The predicted molar refractivity (Wildman–Crippen MR) is 99.4 cm³/mol. The first-order valence-electron chi connectivity index (χ1n) is 8.62. The second-order valence-corrected chi connectivity index (χ2v) is 7.26. The Morgan fingerprint density at radius 2 is 1.84 bits per heavy atom. The fourth-order valence-electron chi connectivity index (χ4n) is 3.74. The molecule has 128 valence electrons. The van der Waals surface area contributed by atoms with E-state index in [0.717, 1.165) is 25.8 Å². The van der Waals surface area contributed by atoms with Crippen molar-refractivity contribution >= 4 is 23.1 Å². The van der Waals surface area contributed by atoms with Crippen LogP contribution in [0.25, 0.3) is 5.57 Å². The van der Waals surface area contributed by atoms with Gasteiger partial charge in [-0.25, -0.2) is 0 Å². The highest BCUT2D eigenvalue weighted by Gasteiger charge is 2.42. The predicted octanol–water partition coefficient (Wildman–Crippen LogP) is 4.78. The van der Waals surface area contributed by atoms with Gasteiger partial charge in [-0.1, -0.05) is 41.9 Å². The maximum Gasteiger partial charge on any atom is 0.253 e. The molecule has 25 heavy (non-hydrogen) atoms. The van der Waals surface area contributed by atoms with Gasteiger partial charge in [-0.15, -0.1) is 0 Å². The Kier molecular flexibility index (Phi) is 4.26. The van der Waals surface area contributed by atoms with Gasteiger partial charge in [0.1, 0.15) is 5.60 Å². The van der Waals surface area contributed by atoms with Crippen molar-refractivity contribution < 1.29 is 9.53 Å². The lowest BCUT2D eigenvalue weighted by atomic mass is 9.86. The van der Waals surface area contributed by atoms with Crippen LogP contribution < -0.4 is 0 Å². The third kappa shape index (κ3) is 3.29. The summed E-state index contributed by atoms with van der Waals surface area (Å²) in [5, 5.41) is 0.641. The van der Waals surface area contributed by atoms with E-state index < -0.39 is 0 Å². The minimum Gasteiger partial charge on any atom is -0.492 e. The highest BCUT2D eigenvalue weighted by molar-refractivity contribution is 6.30. The number of hydrogen-bond acceptors (Lipinski definition) is 2. The highest BCUT2D eigenvalue weighted by atomic mass is 35.5. The topological polar surface area (TPSA) is 29.5 Å². The molecule has 1 amide bonds. The number of amides is 1. The monoisotopic (exact) mass is 353 g/mol. The molecule has 0 saturated carbocycles. The van der Waals surface area contributed by atoms with Crippen molar-refractivity contribution in [3.63, 3.8) is 0 Å². The lowest BCUT2D eigenvalue weighted by molar-refractivity contribution is -0.0190. The summed E-state index contributed by atoms with van der Waals surface area (Å²) in [5.74, 6) is 0.0486. The molecule has 1 unspecified atom stereocenters. The van der Waals surface area contributed by atoms with Gasteiger partial charge in [0.15, 0.2) is 0 Å². The number of piperidine rings is 1. The van der Waals surface area contributed by atoms with Crippen molar-refractivity contribution in [3.05, 3.63) is 77.0 Å². The number of benzene rings is 2. The smallest absolute Gasteiger partial charge is 0.253 e. The summed E-state index contributed by atoms with van der Waals surface area (Å²) < 4.78 is 6.11. The molecule has 0 bridgehead atoms. The lowest BCUT2D eigenvalue weighted by Crippen LogP contribution is -2.50. The molecule has 2 aromatic rings. The number of rotatable bonds is 2. The number of ether oxygens (including phenoxy) is 1. The standard InChI is InChI=1S/C21H20ClNO2/c22-19-9-7-17(8-10-19)20(24)23-12-4-11-21(15-23)13-18(14-25-21)16-5-2-1-3-6-16/h1-3,5-10,14H,4,11-13,15H2. The summed E-state index contributed by atoms with van der Waals surface area (Å²) in [6.07, 6.45) is 4.66. The number of nitrogens with zero attached hydrogens (tertiary/aromatic N) is 1. The molecule has 0 radical (unpaired) electrons. The Balaban J connectivity index is 1.48. The molecule has 0 aromatic heterocycles. The van der Waals surface area contributed by atoms with Crippen LogP contribution in [0.1, 0.15) is 35.2 Å². The number of carbonyl (C=O) groups excluding carboxylic acids is 1. The van der Waals surface area contributed by atoms with Gasteiger partial charge in [0.05, 0.1) is 12.8 Å². The second-order valence-electron chi connectivity index (χ2n) is 6.82. The zero-order chi connectivity index (χ0) is 17.3. The van der Waals surface area contributed by atoms with Gasteiger partial charge in [-0.2, -0.15) is 0 Å². The summed E-state index contributed by atoms with van der Waals surface area (Å²) in [6, 6.07) is 17.4. The van der Waals surface area contributed by atoms with E-state index in [0.29, 0.717) is 17.1 Å². The minimum atomic E-state index is -0.286. The Morgan fingerprint density at radius 1 is 1.08 bits per heavy atom. The van der Waals surface area contributed by atoms with E-state index in [1.165, 1.54) is 11.1 Å². The molecule has 0 N–H and O–H groups in total. The van der Waals surface area contributed by atoms with Gasteiger partial charge < -0.3 is 9.64 Å². The third-order valence-corrected chi connectivity index (χ3v) is 5.28. The fraction of sp³-hybridized carbons (Fsp3) is 0.286. The first-order valence-corrected chi connectivity index (χ1v) is 9.00. The van der Waals surface area contributed by atoms with Crippen LogP contribution in [-0.2, 0) is 4.74 Å². The molecule has 2 heterocycles. The summed E-state index contributed by atoms with van der Waals surface area (Å²) in [4.78, 5) is 14.7. The second kappa shape index (κ2) is 6.57. The SMILES string of the molecule is O=C(c1ccc(Cl)cc1)N1CCCC2(CC(c3ccccc3)=CO2)C1. The van der Waals surface area contributed by atoms with E-state index in [1.54, 1.807) is 24.3 Å². The number of carbonyl (C=O) groups is 1. The van der Waals surface area contributed by atoms with E-state index in [9.17, 15) is 4.79 Å². The molecule has 3 nitrogen and oxygen atoms in total. The van der Waals surface area contributed by atoms with Crippen LogP contribution >= 0.6 is 11.6 Å². The van der Waals surface area contributed by atoms with E-state index >= 15 is 0 Å². The van der Waals surface area contributed by atoms with Gasteiger partial charge in [0.2, 0.25) is 0 Å². The van der Waals surface area contributed by atoms with Crippen molar-refractivity contribution in [3.8, 4) is 0 Å². The molecule has 0 aliphatic carbocycles.